The van der Waals surface area contributed by atoms with Crippen molar-refractivity contribution in [2.45, 2.75) is 0 Å². The normalized spacial score (nSPS) is 9.85. The Hall–Kier alpha value is -2.04. The first kappa shape index (κ1) is 7.60. The van der Waals surface area contributed by atoms with Gasteiger partial charge in [-0.1, -0.05) is 0 Å². The predicted octanol–water partition coefficient (Wildman–Crippen LogP) is 0.990. The molecule has 5 heteroatoms. The Kier molecular flexibility index (Phi) is 1.84. The van der Waals surface area contributed by atoms with E-state index in [1.54, 1.807) is 30.9 Å². The van der Waals surface area contributed by atoms with Crippen molar-refractivity contribution in [3.8, 4) is 0 Å². The van der Waals surface area contributed by atoms with Crippen molar-refractivity contribution in [1.82, 2.24) is 15.0 Å². The van der Waals surface area contributed by atoms with Crippen molar-refractivity contribution < 1.29 is 4.79 Å². The lowest BCUT2D eigenvalue weighted by atomic mass is 10.3. The molecule has 0 saturated heterocycles. The first-order valence-corrected chi connectivity index (χ1v) is 3.80. The molecule has 0 aliphatic rings. The number of amides is 1. The van der Waals surface area contributed by atoms with Crippen molar-refractivity contribution in [1.29, 1.82) is 0 Å². The zero-order chi connectivity index (χ0) is 9.10. The Morgan fingerprint density at radius 2 is 2.38 bits per heavy atom. The fourth-order valence-electron chi connectivity index (χ4n) is 0.978. The van der Waals surface area contributed by atoms with Crippen LogP contribution in [0.5, 0.6) is 0 Å². The topological polar surface area (TPSA) is 73.6 Å². The molecule has 0 aliphatic carbocycles. The van der Waals surface area contributed by atoms with Gasteiger partial charge in [-0.05, 0) is 6.07 Å². The molecule has 13 heavy (non-hydrogen) atoms. The highest BCUT2D eigenvalue weighted by atomic mass is 16.1. The number of nitrogens with zero attached hydrogens (tertiary/aromatic N) is 1. The van der Waals surface area contributed by atoms with Gasteiger partial charge in [-0.15, -0.1) is 0 Å². The maximum atomic E-state index is 11.4. The maximum absolute atomic E-state index is 11.4. The molecule has 0 saturated carbocycles. The number of carbonyl (C=O) groups is 1. The van der Waals surface area contributed by atoms with Crippen LogP contribution in [-0.2, 0) is 0 Å². The van der Waals surface area contributed by atoms with Crippen molar-refractivity contribution in [2.75, 3.05) is 5.32 Å². The smallest absolute Gasteiger partial charge is 0.259 e. The molecular formula is C8H8N4O. The molecule has 0 fully saturated rings. The highest BCUT2D eigenvalue weighted by Gasteiger charge is 2.06. The molecule has 0 aromatic carbocycles. The number of aromatic amines is 2. The van der Waals surface area contributed by atoms with E-state index in [0.717, 1.165) is 0 Å². The lowest BCUT2D eigenvalue weighted by Crippen LogP contribution is -2.11. The van der Waals surface area contributed by atoms with Crippen LogP contribution in [0, 0.1) is 0 Å². The van der Waals surface area contributed by atoms with E-state index in [1.807, 2.05) is 0 Å². The summed E-state index contributed by atoms with van der Waals surface area (Å²) in [6, 6.07) is 1.69. The van der Waals surface area contributed by atoms with E-state index in [9.17, 15) is 4.79 Å². The van der Waals surface area contributed by atoms with Gasteiger partial charge in [0.15, 0.2) is 0 Å². The Morgan fingerprint density at radius 1 is 1.46 bits per heavy atom. The summed E-state index contributed by atoms with van der Waals surface area (Å²) in [6.45, 7) is 0. The zero-order valence-electron chi connectivity index (χ0n) is 6.74. The van der Waals surface area contributed by atoms with E-state index in [4.69, 9.17) is 0 Å². The summed E-state index contributed by atoms with van der Waals surface area (Å²) >= 11 is 0. The molecule has 0 bridgehead atoms. The summed E-state index contributed by atoms with van der Waals surface area (Å²) in [6.07, 6.45) is 6.54. The van der Waals surface area contributed by atoms with Crippen LogP contribution in [0.3, 0.4) is 0 Å². The van der Waals surface area contributed by atoms with Gasteiger partial charge >= 0.3 is 0 Å². The van der Waals surface area contributed by atoms with Gasteiger partial charge in [-0.2, -0.15) is 0 Å². The van der Waals surface area contributed by atoms with Crippen molar-refractivity contribution >= 4 is 11.9 Å². The molecule has 0 aliphatic heterocycles. The summed E-state index contributed by atoms with van der Waals surface area (Å²) in [7, 11) is 0. The predicted molar refractivity (Wildman–Crippen MR) is 47.3 cm³/mol. The third-order valence-corrected chi connectivity index (χ3v) is 1.59. The Balaban J connectivity index is 2.08. The minimum atomic E-state index is -0.184. The standard InChI is InChI=1S/C8H8N4O/c13-7(6-1-2-9-5-6)12-8-10-3-4-11-8/h1-5,9H,(H2,10,11,12,13). The second kappa shape index (κ2) is 3.14. The molecule has 5 nitrogen and oxygen atoms in total. The van der Waals surface area contributed by atoms with Gasteiger partial charge in [-0.3, -0.25) is 10.1 Å². The molecule has 0 radical (unpaired) electrons. The molecule has 2 rings (SSSR count). The molecule has 0 unspecified atom stereocenters. The van der Waals surface area contributed by atoms with Crippen LogP contribution in [0.25, 0.3) is 0 Å². The fourth-order valence-corrected chi connectivity index (χ4v) is 0.978. The fraction of sp³-hybridized carbons (Fsp3) is 0. The Labute approximate surface area is 74.2 Å². The molecule has 0 spiro atoms. The van der Waals surface area contributed by atoms with Crippen molar-refractivity contribution in [3.63, 3.8) is 0 Å². The summed E-state index contributed by atoms with van der Waals surface area (Å²) in [4.78, 5) is 20.8. The largest absolute Gasteiger partial charge is 0.367 e. The average molecular weight is 176 g/mol. The second-order valence-corrected chi connectivity index (χ2v) is 2.49. The Bertz CT molecular complexity index is 376. The first-order valence-electron chi connectivity index (χ1n) is 3.80. The number of hydrogen-bond acceptors (Lipinski definition) is 2. The minimum Gasteiger partial charge on any atom is -0.367 e. The van der Waals surface area contributed by atoms with Crippen LogP contribution in [0.4, 0.5) is 5.95 Å². The van der Waals surface area contributed by atoms with Crippen LogP contribution < -0.4 is 5.32 Å². The van der Waals surface area contributed by atoms with Crippen LogP contribution in [0.15, 0.2) is 30.9 Å². The lowest BCUT2D eigenvalue weighted by molar-refractivity contribution is 0.102. The van der Waals surface area contributed by atoms with Crippen LogP contribution in [-0.4, -0.2) is 20.9 Å². The van der Waals surface area contributed by atoms with Crippen molar-refractivity contribution in [3.05, 3.63) is 36.4 Å². The number of anilines is 1. The average Bonchev–Trinajstić information content (AvgIpc) is 2.74. The highest BCUT2D eigenvalue weighted by Crippen LogP contribution is 2.01. The molecule has 2 heterocycles. The summed E-state index contributed by atoms with van der Waals surface area (Å²) < 4.78 is 0. The van der Waals surface area contributed by atoms with Gasteiger partial charge in [0.05, 0.1) is 5.56 Å². The van der Waals surface area contributed by atoms with Crippen LogP contribution in [0.1, 0.15) is 10.4 Å². The summed E-state index contributed by atoms with van der Waals surface area (Å²) in [5.41, 5.74) is 0.580. The maximum Gasteiger partial charge on any atom is 0.259 e. The number of imidazole rings is 1. The monoisotopic (exact) mass is 176 g/mol. The van der Waals surface area contributed by atoms with E-state index in [2.05, 4.69) is 20.3 Å². The third-order valence-electron chi connectivity index (χ3n) is 1.59. The van der Waals surface area contributed by atoms with E-state index in [-0.39, 0.29) is 5.91 Å². The van der Waals surface area contributed by atoms with Gasteiger partial charge in [0.25, 0.3) is 5.91 Å². The molecule has 3 N–H and O–H groups in total. The quantitative estimate of drug-likeness (QED) is 0.638. The molecule has 1 amide bonds. The molecule has 66 valence electrons. The van der Waals surface area contributed by atoms with E-state index < -0.39 is 0 Å². The minimum absolute atomic E-state index is 0.184. The van der Waals surface area contributed by atoms with Gasteiger partial charge in [0.2, 0.25) is 5.95 Å². The summed E-state index contributed by atoms with van der Waals surface area (Å²) in [5.74, 6) is 0.266. The van der Waals surface area contributed by atoms with Crippen LogP contribution in [0.2, 0.25) is 0 Å². The Morgan fingerprint density at radius 3 is 3.00 bits per heavy atom. The second-order valence-electron chi connectivity index (χ2n) is 2.49. The SMILES string of the molecule is O=C(Nc1ncc[nH]1)c1cc[nH]c1. The number of hydrogen-bond donors (Lipinski definition) is 3. The molecule has 2 aromatic rings. The van der Waals surface area contributed by atoms with Gasteiger partial charge in [0.1, 0.15) is 0 Å². The van der Waals surface area contributed by atoms with Gasteiger partial charge < -0.3 is 9.97 Å². The highest BCUT2D eigenvalue weighted by molar-refractivity contribution is 6.03. The number of rotatable bonds is 2. The molecular weight excluding hydrogens is 168 g/mol. The van der Waals surface area contributed by atoms with Crippen LogP contribution >= 0.6 is 0 Å². The number of carbonyl (C=O) groups excluding carboxylic acids is 1. The number of H-pyrrole nitrogens is 2. The third kappa shape index (κ3) is 1.58. The number of aromatic nitrogens is 3. The van der Waals surface area contributed by atoms with E-state index in [1.165, 1.54) is 0 Å². The molecule has 0 atom stereocenters. The lowest BCUT2D eigenvalue weighted by Gasteiger charge is -1.97. The zero-order valence-corrected chi connectivity index (χ0v) is 6.74. The summed E-state index contributed by atoms with van der Waals surface area (Å²) in [5, 5.41) is 2.60. The first-order chi connectivity index (χ1) is 6.36. The van der Waals surface area contributed by atoms with Gasteiger partial charge in [-0.25, -0.2) is 4.98 Å². The van der Waals surface area contributed by atoms with E-state index in [0.29, 0.717) is 11.5 Å². The van der Waals surface area contributed by atoms with Crippen molar-refractivity contribution in [2.24, 2.45) is 0 Å². The number of nitrogens with one attached hydrogen (secondary N) is 3. The van der Waals surface area contributed by atoms with Gasteiger partial charge in [0, 0.05) is 24.8 Å². The van der Waals surface area contributed by atoms with E-state index >= 15 is 0 Å². The molecule has 2 aromatic heterocycles.